The van der Waals surface area contributed by atoms with Crippen molar-refractivity contribution in [1.29, 1.82) is 0 Å². The molecule has 0 fully saturated rings. The minimum Gasteiger partial charge on any atom is -0.871 e. The number of thiophene rings is 1. The van der Waals surface area contributed by atoms with Crippen molar-refractivity contribution in [2.75, 3.05) is 18.9 Å². The fourth-order valence-electron chi connectivity index (χ4n) is 3.31. The number of quaternary nitrogens is 1. The number of hydrogen-bond donors (Lipinski definition) is 4. The summed E-state index contributed by atoms with van der Waals surface area (Å²) in [6.45, 7) is 1.92. The molecule has 2 unspecified atom stereocenters. The number of halogens is 2. The first kappa shape index (κ1) is 17.1. The summed E-state index contributed by atoms with van der Waals surface area (Å²) < 4.78 is 0.473. The maximum Gasteiger partial charge on any atom is 0.256 e. The van der Waals surface area contributed by atoms with Gasteiger partial charge in [-0.3, -0.25) is 4.79 Å². The predicted octanol–water partition coefficient (Wildman–Crippen LogP) is 1.48. The fourth-order valence-corrected chi connectivity index (χ4v) is 5.85. The average molecular weight is 489 g/mol. The van der Waals surface area contributed by atoms with E-state index in [0.717, 1.165) is 30.1 Å². The molecule has 0 bridgehead atoms. The molecule has 9 heteroatoms. The Bertz CT molecular complexity index is 899. The lowest BCUT2D eigenvalue weighted by Crippen LogP contribution is -3.08. The van der Waals surface area contributed by atoms with E-state index in [1.807, 2.05) is 0 Å². The van der Waals surface area contributed by atoms with Crippen LogP contribution in [0.4, 0.5) is 5.00 Å². The van der Waals surface area contributed by atoms with Gasteiger partial charge in [-0.25, -0.2) is 0 Å². The molecule has 3 heterocycles. The highest BCUT2D eigenvalue weighted by atomic mass is 79.9. The van der Waals surface area contributed by atoms with E-state index in [1.54, 1.807) is 11.3 Å². The number of hydrogen-bond acceptors (Lipinski definition) is 5. The number of carbonyl (C=O) groups excluding carboxylic acids is 1. The Morgan fingerprint density at radius 2 is 2.16 bits per heavy atom. The van der Waals surface area contributed by atoms with Crippen LogP contribution in [0, 0.1) is 0 Å². The van der Waals surface area contributed by atoms with Gasteiger partial charge in [0.05, 0.1) is 33.0 Å². The van der Waals surface area contributed by atoms with Crippen LogP contribution in [0.2, 0.25) is 0 Å². The molecule has 0 saturated carbocycles. The Kier molecular flexibility index (Phi) is 4.22. The van der Waals surface area contributed by atoms with E-state index in [0.29, 0.717) is 15.6 Å². The number of aromatic hydroxyl groups is 1. The lowest BCUT2D eigenvalue weighted by Gasteiger charge is -2.30. The summed E-state index contributed by atoms with van der Waals surface area (Å²) in [6, 6.07) is 1.54. The summed E-state index contributed by atoms with van der Waals surface area (Å²) in [4.78, 5) is 15.4. The normalized spacial score (nSPS) is 22.0. The highest BCUT2D eigenvalue weighted by molar-refractivity contribution is 9.11. The molecule has 25 heavy (non-hydrogen) atoms. The van der Waals surface area contributed by atoms with E-state index in [-0.39, 0.29) is 21.9 Å². The van der Waals surface area contributed by atoms with Crippen molar-refractivity contribution >= 4 is 54.1 Å². The third kappa shape index (κ3) is 2.73. The summed E-state index contributed by atoms with van der Waals surface area (Å²) in [7, 11) is 2.15. The maximum absolute atomic E-state index is 12.7. The first-order chi connectivity index (χ1) is 11.9. The van der Waals surface area contributed by atoms with Gasteiger partial charge < -0.3 is 25.7 Å². The topological polar surface area (TPSA) is 88.9 Å². The largest absolute Gasteiger partial charge is 0.871 e. The summed E-state index contributed by atoms with van der Waals surface area (Å²) in [5, 5.41) is 29.3. The molecular formula is C16H15Br2N3O3S. The lowest BCUT2D eigenvalue weighted by atomic mass is 10.0. The molecule has 1 amide bonds. The quantitative estimate of drug-likeness (QED) is 0.489. The lowest BCUT2D eigenvalue weighted by molar-refractivity contribution is -0.895. The van der Waals surface area contributed by atoms with Gasteiger partial charge in [-0.15, -0.1) is 11.3 Å². The number of amides is 1. The van der Waals surface area contributed by atoms with Crippen molar-refractivity contribution in [3.63, 3.8) is 0 Å². The Morgan fingerprint density at radius 1 is 1.40 bits per heavy atom. The van der Waals surface area contributed by atoms with Crippen molar-refractivity contribution in [1.82, 2.24) is 5.32 Å². The maximum atomic E-state index is 12.7. The fraction of sp³-hybridized carbons (Fsp3) is 0.312. The van der Waals surface area contributed by atoms with E-state index < -0.39 is 6.17 Å². The molecule has 4 N–H and O–H groups in total. The molecule has 1 aromatic heterocycles. The van der Waals surface area contributed by atoms with Crippen LogP contribution in [-0.4, -0.2) is 24.6 Å². The van der Waals surface area contributed by atoms with Gasteiger partial charge in [-0.2, -0.15) is 0 Å². The number of fused-ring (bicyclic) bond motifs is 3. The Labute approximate surface area is 165 Å². The Hall–Kier alpha value is -1.29. The standard InChI is InChI=1S/C16H15Br2N3O3S/c1-21-3-2-6-9(5-21)25-16-10(6)15(24)19-14(20-16)7-4-8(17)13(23)11(18)12(7)22/h4,14,20,22-23H,2-3,5H2,1H3,(H,19,24). The molecule has 2 aliphatic heterocycles. The number of nitrogens with one attached hydrogen (secondary N) is 3. The highest BCUT2D eigenvalue weighted by Gasteiger charge is 2.34. The van der Waals surface area contributed by atoms with Gasteiger partial charge >= 0.3 is 0 Å². The molecule has 4 rings (SSSR count). The van der Waals surface area contributed by atoms with Crippen LogP contribution < -0.4 is 20.6 Å². The molecule has 6 nitrogen and oxygen atoms in total. The SMILES string of the molecule is C[NH+]1CCc2c(sc3c2C(=O)NC(c2cc(Br)c(O)c(Br)c2[O-])N3)C1. The van der Waals surface area contributed by atoms with Crippen LogP contribution in [-0.2, 0) is 13.0 Å². The number of carbonyl (C=O) groups is 1. The molecule has 0 radical (unpaired) electrons. The zero-order valence-electron chi connectivity index (χ0n) is 13.2. The number of likely N-dealkylation sites (N-methyl/N-ethyl adjacent to an activating group) is 1. The van der Waals surface area contributed by atoms with Gasteiger partial charge in [-0.1, -0.05) is 5.75 Å². The molecule has 132 valence electrons. The first-order valence-electron chi connectivity index (χ1n) is 7.78. The van der Waals surface area contributed by atoms with E-state index in [4.69, 9.17) is 0 Å². The second kappa shape index (κ2) is 6.15. The average Bonchev–Trinajstić information content (AvgIpc) is 2.93. The molecule has 2 aliphatic rings. The van der Waals surface area contributed by atoms with E-state index in [1.165, 1.54) is 15.8 Å². The van der Waals surface area contributed by atoms with Crippen LogP contribution in [0.25, 0.3) is 0 Å². The van der Waals surface area contributed by atoms with Crippen molar-refractivity contribution < 1.29 is 19.9 Å². The Morgan fingerprint density at radius 3 is 2.92 bits per heavy atom. The molecule has 2 aromatic rings. The first-order valence-corrected chi connectivity index (χ1v) is 10.2. The monoisotopic (exact) mass is 487 g/mol. The van der Waals surface area contributed by atoms with Crippen molar-refractivity contribution in [3.05, 3.63) is 36.6 Å². The van der Waals surface area contributed by atoms with Crippen LogP contribution in [0.3, 0.4) is 0 Å². The molecule has 0 saturated heterocycles. The Balaban J connectivity index is 1.75. The number of benzene rings is 1. The third-order valence-corrected chi connectivity index (χ3v) is 7.13. The van der Waals surface area contributed by atoms with Crippen LogP contribution >= 0.6 is 43.2 Å². The van der Waals surface area contributed by atoms with Crippen molar-refractivity contribution in [2.45, 2.75) is 19.1 Å². The summed E-state index contributed by atoms with van der Waals surface area (Å²) in [6.07, 6.45) is 0.251. The van der Waals surface area contributed by atoms with Gasteiger partial charge in [0.25, 0.3) is 5.91 Å². The van der Waals surface area contributed by atoms with Crippen LogP contribution in [0.5, 0.6) is 11.5 Å². The van der Waals surface area contributed by atoms with E-state index >= 15 is 0 Å². The summed E-state index contributed by atoms with van der Waals surface area (Å²) >= 11 is 7.95. The molecule has 0 spiro atoms. The second-order valence-corrected chi connectivity index (χ2v) is 9.08. The minimum absolute atomic E-state index is 0.0782. The predicted molar refractivity (Wildman–Crippen MR) is 100 cm³/mol. The summed E-state index contributed by atoms with van der Waals surface area (Å²) in [5.41, 5.74) is 2.21. The van der Waals surface area contributed by atoms with Gasteiger partial charge in [0.15, 0.2) is 0 Å². The van der Waals surface area contributed by atoms with Gasteiger partial charge in [0.2, 0.25) is 0 Å². The van der Waals surface area contributed by atoms with Crippen LogP contribution in [0.1, 0.15) is 32.5 Å². The van der Waals surface area contributed by atoms with Crippen molar-refractivity contribution in [2.24, 2.45) is 0 Å². The van der Waals surface area contributed by atoms with E-state index in [2.05, 4.69) is 49.5 Å². The number of anilines is 1. The number of phenols is 1. The van der Waals surface area contributed by atoms with Gasteiger partial charge in [-0.05, 0) is 49.1 Å². The number of rotatable bonds is 1. The van der Waals surface area contributed by atoms with Gasteiger partial charge in [0.1, 0.15) is 23.5 Å². The smallest absolute Gasteiger partial charge is 0.256 e. The zero-order valence-corrected chi connectivity index (χ0v) is 17.2. The minimum atomic E-state index is -0.633. The molecular weight excluding hydrogens is 474 g/mol. The summed E-state index contributed by atoms with van der Waals surface area (Å²) in [5.74, 6) is -0.655. The van der Waals surface area contributed by atoms with Crippen molar-refractivity contribution in [3.8, 4) is 11.5 Å². The molecule has 2 atom stereocenters. The molecule has 1 aromatic carbocycles. The zero-order chi connectivity index (χ0) is 17.9. The third-order valence-electron chi connectivity index (χ3n) is 4.62. The number of phenolic OH excluding ortho intramolecular Hbond substituents is 1. The molecule has 0 aliphatic carbocycles. The van der Waals surface area contributed by atoms with Gasteiger partial charge in [0, 0.05) is 6.42 Å². The van der Waals surface area contributed by atoms with Crippen LogP contribution in [0.15, 0.2) is 15.0 Å². The highest BCUT2D eigenvalue weighted by Crippen LogP contribution is 2.44. The van der Waals surface area contributed by atoms with E-state index in [9.17, 15) is 15.0 Å². The second-order valence-electron chi connectivity index (χ2n) is 6.33.